The molecular weight excluding hydrogens is 1000 g/mol. The normalized spacial score (nSPS) is 19.0. The summed E-state index contributed by atoms with van der Waals surface area (Å²) in [5.41, 5.74) is 5.82. The van der Waals surface area contributed by atoms with Gasteiger partial charge in [0.15, 0.2) is 29.3 Å². The SMILES string of the molecule is CB(O)NCC(=O)NCCC(C)(C)CN(CC(C)C)S(=O)(=O)c1ccc2c(c1)OCO2.CC(C)(CCN)CN(C[C@@H](O)[C@H](Cc1ccccc1)NC(=O)O[C@H]1CO[C@H]2OCC[C@H]21)S(=O)(=O)c1ccc2c(c1)OCO2. The van der Waals surface area contributed by atoms with Crippen molar-refractivity contribution in [1.82, 2.24) is 24.5 Å². The molecule has 0 bridgehead atoms. The number of nitrogens with one attached hydrogen (secondary N) is 3. The lowest BCUT2D eigenvalue weighted by atomic mass is 9.88. The number of aliphatic hydroxyl groups excluding tert-OH is 1. The standard InChI is InChI=1S/C30H41N3O9S.C20H34BN3O6S/c1-30(2,11-12-31)18-33(43(36,37)21-8-9-25-26(15-21)41-19-40-25)16-24(34)23(14-20-6-4-3-5-7-20)32-29(35)42-27-17-39-28-22(27)10-13-38-28;1-15(2)12-24(13-20(3,4)8-9-22-19(25)11-23-21(5)26)31(27,28)16-6-7-17-18(10-16)30-14-29-17/h3-9,15,22-24,27-28,34H,10-14,16-19,31H2,1-2H3,(H,32,35);6-7,10,15,23,26H,8-9,11-14H2,1-5H3,(H,22,25)/t22-,23-,24+,27-,28+;/m0./s1. The van der Waals surface area contributed by atoms with Crippen molar-refractivity contribution in [3.05, 3.63) is 72.3 Å². The Labute approximate surface area is 436 Å². The van der Waals surface area contributed by atoms with Gasteiger partial charge in [-0.3, -0.25) is 4.79 Å². The fourth-order valence-electron chi connectivity index (χ4n) is 8.98. The van der Waals surface area contributed by atoms with Gasteiger partial charge >= 0.3 is 13.1 Å². The number of nitrogens with zero attached hydrogens (tertiary/aromatic N) is 2. The number of nitrogens with two attached hydrogens (primary N) is 1. The number of ether oxygens (including phenoxy) is 7. The molecule has 7 N–H and O–H groups in total. The van der Waals surface area contributed by atoms with Crippen LogP contribution in [0.1, 0.15) is 66.4 Å². The number of amides is 2. The van der Waals surface area contributed by atoms with Crippen LogP contribution in [0.4, 0.5) is 4.79 Å². The highest BCUT2D eigenvalue weighted by Crippen LogP contribution is 2.38. The number of benzene rings is 3. The van der Waals surface area contributed by atoms with Gasteiger partial charge in [-0.1, -0.05) is 71.9 Å². The first-order valence-electron chi connectivity index (χ1n) is 25.1. The molecule has 0 aliphatic carbocycles. The van der Waals surface area contributed by atoms with Gasteiger partial charge in [-0.25, -0.2) is 21.6 Å². The van der Waals surface area contributed by atoms with E-state index in [9.17, 15) is 36.6 Å². The summed E-state index contributed by atoms with van der Waals surface area (Å²) < 4.78 is 95.8. The topological polar surface area (TPSA) is 276 Å². The molecule has 2 amide bonds. The number of carbonyl (C=O) groups is 2. The van der Waals surface area contributed by atoms with E-state index in [0.717, 1.165) is 12.0 Å². The molecule has 4 heterocycles. The van der Waals surface area contributed by atoms with Gasteiger partial charge in [0.05, 0.1) is 47.6 Å². The molecule has 2 saturated heterocycles. The number of rotatable bonds is 25. The maximum absolute atomic E-state index is 14.0. The lowest BCUT2D eigenvalue weighted by molar-refractivity contribution is -0.120. The number of alkyl carbamates (subject to hydrolysis) is 1. The van der Waals surface area contributed by atoms with Crippen molar-refractivity contribution in [1.29, 1.82) is 0 Å². The van der Waals surface area contributed by atoms with Crippen LogP contribution in [0.25, 0.3) is 0 Å². The Hall–Kier alpha value is -4.76. The van der Waals surface area contributed by atoms with Crippen molar-refractivity contribution >= 4 is 39.1 Å². The van der Waals surface area contributed by atoms with E-state index in [1.54, 1.807) is 25.0 Å². The molecule has 0 saturated carbocycles. The van der Waals surface area contributed by atoms with E-state index >= 15 is 0 Å². The van der Waals surface area contributed by atoms with Crippen LogP contribution in [0.5, 0.6) is 23.0 Å². The molecule has 410 valence electrons. The molecule has 24 heteroatoms. The molecule has 4 aliphatic rings. The Morgan fingerprint density at radius 2 is 1.39 bits per heavy atom. The van der Waals surface area contributed by atoms with Crippen LogP contribution in [0, 0.1) is 22.7 Å². The molecular formula is C50H75BN6O15S2. The Morgan fingerprint density at radius 3 is 1.96 bits per heavy atom. The van der Waals surface area contributed by atoms with Gasteiger partial charge in [0.2, 0.25) is 39.5 Å². The van der Waals surface area contributed by atoms with Crippen LogP contribution in [-0.4, -0.2) is 152 Å². The van der Waals surface area contributed by atoms with Gasteiger partial charge in [0.25, 0.3) is 0 Å². The molecule has 7 rings (SSSR count). The zero-order valence-corrected chi connectivity index (χ0v) is 45.1. The van der Waals surface area contributed by atoms with Gasteiger partial charge in [-0.05, 0) is 85.6 Å². The lowest BCUT2D eigenvalue weighted by Gasteiger charge is -2.35. The summed E-state index contributed by atoms with van der Waals surface area (Å²) in [6, 6.07) is 17.6. The Morgan fingerprint density at radius 1 is 0.824 bits per heavy atom. The van der Waals surface area contributed by atoms with Crippen LogP contribution in [0.15, 0.2) is 76.5 Å². The zero-order valence-electron chi connectivity index (χ0n) is 43.5. The highest BCUT2D eigenvalue weighted by molar-refractivity contribution is 7.89. The zero-order chi connectivity index (χ0) is 53.8. The summed E-state index contributed by atoms with van der Waals surface area (Å²) in [7, 11) is -8.60. The summed E-state index contributed by atoms with van der Waals surface area (Å²) in [5, 5.41) is 29.0. The minimum atomic E-state index is -4.11. The van der Waals surface area contributed by atoms with Crippen molar-refractivity contribution in [3.8, 4) is 23.0 Å². The number of hydrogen-bond donors (Lipinski definition) is 6. The Balaban J connectivity index is 0.000000255. The van der Waals surface area contributed by atoms with Crippen LogP contribution < -0.4 is 40.5 Å². The van der Waals surface area contributed by atoms with Crippen molar-refractivity contribution in [2.75, 3.05) is 72.6 Å². The van der Waals surface area contributed by atoms with Crippen LogP contribution in [0.2, 0.25) is 6.82 Å². The van der Waals surface area contributed by atoms with E-state index < -0.39 is 56.9 Å². The first-order chi connectivity index (χ1) is 35.0. The van der Waals surface area contributed by atoms with Gasteiger partial charge in [-0.2, -0.15) is 8.61 Å². The molecule has 0 unspecified atom stereocenters. The van der Waals surface area contributed by atoms with E-state index in [1.807, 2.05) is 71.9 Å². The molecule has 4 aliphatic heterocycles. The summed E-state index contributed by atoms with van der Waals surface area (Å²) in [5.74, 6) is 1.64. The van der Waals surface area contributed by atoms with Crippen LogP contribution in [0.3, 0.4) is 0 Å². The number of hydrogen-bond acceptors (Lipinski definition) is 17. The second-order valence-electron chi connectivity index (χ2n) is 21.0. The monoisotopic (exact) mass is 1070 g/mol. The quantitative estimate of drug-likeness (QED) is 0.0662. The highest BCUT2D eigenvalue weighted by Gasteiger charge is 2.44. The fraction of sp³-hybridized carbons (Fsp3) is 0.600. The van der Waals surface area contributed by atoms with E-state index in [1.165, 1.54) is 26.8 Å². The average molecular weight is 1080 g/mol. The maximum Gasteiger partial charge on any atom is 0.407 e. The van der Waals surface area contributed by atoms with Crippen molar-refractivity contribution in [2.24, 2.45) is 28.4 Å². The maximum atomic E-state index is 14.0. The third-order valence-corrected chi connectivity index (χ3v) is 16.6. The Kier molecular flexibility index (Phi) is 20.4. The van der Waals surface area contributed by atoms with E-state index in [-0.39, 0.29) is 85.5 Å². The average Bonchev–Trinajstić information content (AvgIpc) is 4.17. The van der Waals surface area contributed by atoms with Crippen molar-refractivity contribution in [3.63, 3.8) is 0 Å². The van der Waals surface area contributed by atoms with Crippen LogP contribution >= 0.6 is 0 Å². The second kappa shape index (κ2) is 25.9. The summed E-state index contributed by atoms with van der Waals surface area (Å²) >= 11 is 0. The predicted molar refractivity (Wildman–Crippen MR) is 275 cm³/mol. The third kappa shape index (κ3) is 16.4. The number of fused-ring (bicyclic) bond motifs is 3. The van der Waals surface area contributed by atoms with Crippen molar-refractivity contribution in [2.45, 2.75) is 108 Å². The summed E-state index contributed by atoms with van der Waals surface area (Å²) in [6.45, 7) is 15.5. The van der Waals surface area contributed by atoms with E-state index in [4.69, 9.17) is 38.9 Å². The molecule has 0 radical (unpaired) electrons. The second-order valence-corrected chi connectivity index (χ2v) is 24.9. The minimum Gasteiger partial charge on any atom is -0.454 e. The highest BCUT2D eigenvalue weighted by atomic mass is 32.2. The molecule has 3 aromatic carbocycles. The third-order valence-electron chi connectivity index (χ3n) is 12.9. The van der Waals surface area contributed by atoms with E-state index in [0.29, 0.717) is 68.6 Å². The molecule has 0 spiro atoms. The van der Waals surface area contributed by atoms with Crippen molar-refractivity contribution < 1.29 is 69.7 Å². The smallest absolute Gasteiger partial charge is 0.407 e. The minimum absolute atomic E-state index is 0.00838. The molecule has 21 nitrogen and oxygen atoms in total. The molecule has 2 fully saturated rings. The van der Waals surface area contributed by atoms with Crippen LogP contribution in [-0.2, 0) is 45.5 Å². The summed E-state index contributed by atoms with van der Waals surface area (Å²) in [6.07, 6.45) is -0.719. The predicted octanol–water partition coefficient (Wildman–Crippen LogP) is 3.54. The lowest BCUT2D eigenvalue weighted by Crippen LogP contribution is -2.52. The van der Waals surface area contributed by atoms with Gasteiger partial charge in [-0.15, -0.1) is 0 Å². The molecule has 0 aromatic heterocycles. The van der Waals surface area contributed by atoms with Gasteiger partial charge in [0.1, 0.15) is 6.10 Å². The molecule has 74 heavy (non-hydrogen) atoms. The molecule has 5 atom stereocenters. The molecule has 3 aromatic rings. The van der Waals surface area contributed by atoms with Gasteiger partial charge in [0, 0.05) is 44.9 Å². The Bertz CT molecular complexity index is 2560. The number of carbonyl (C=O) groups excluding carboxylic acids is 2. The van der Waals surface area contributed by atoms with Gasteiger partial charge < -0.3 is 64.9 Å². The largest absolute Gasteiger partial charge is 0.454 e. The first kappa shape index (κ1) is 58.5. The van der Waals surface area contributed by atoms with E-state index in [2.05, 4.69) is 15.9 Å². The first-order valence-corrected chi connectivity index (χ1v) is 27.9. The fourth-order valence-corrected chi connectivity index (χ4v) is 12.5. The summed E-state index contributed by atoms with van der Waals surface area (Å²) in [4.78, 5) is 25.1. The number of sulfonamides is 2. The number of aliphatic hydroxyl groups is 1.